The molecule has 0 radical (unpaired) electrons. The first kappa shape index (κ1) is 12.9. The molecule has 1 aliphatic rings. The summed E-state index contributed by atoms with van der Waals surface area (Å²) in [4.78, 5) is 14.2. The zero-order valence-electron chi connectivity index (χ0n) is 11.2. The van der Waals surface area contributed by atoms with Gasteiger partial charge in [-0.1, -0.05) is 0 Å². The number of nitrogens with two attached hydrogens (primary N) is 1. The van der Waals surface area contributed by atoms with Gasteiger partial charge in [0.25, 0.3) is 5.91 Å². The summed E-state index contributed by atoms with van der Waals surface area (Å²) in [6, 6.07) is 0. The van der Waals surface area contributed by atoms with Gasteiger partial charge in [0.1, 0.15) is 0 Å². The van der Waals surface area contributed by atoms with Crippen LogP contribution in [0.2, 0.25) is 0 Å². The van der Waals surface area contributed by atoms with Crippen LogP contribution in [0.25, 0.3) is 0 Å². The Morgan fingerprint density at radius 2 is 2.28 bits per heavy atom. The first-order chi connectivity index (χ1) is 8.44. The van der Waals surface area contributed by atoms with Crippen LogP contribution in [-0.4, -0.2) is 46.8 Å². The highest BCUT2D eigenvalue weighted by Gasteiger charge is 2.39. The number of carbonyl (C=O) groups is 1. The minimum absolute atomic E-state index is 0.110. The minimum atomic E-state index is -0.193. The average Bonchev–Trinajstić information content (AvgIpc) is 2.55. The number of nitrogens with zero attached hydrogens (tertiary/aromatic N) is 3. The molecule has 0 unspecified atom stereocenters. The maximum Gasteiger partial charge on any atom is 0.274 e. The third-order valence-electron chi connectivity index (χ3n) is 3.88. The van der Waals surface area contributed by atoms with E-state index >= 15 is 0 Å². The highest BCUT2D eigenvalue weighted by molar-refractivity contribution is 5.97. The SMILES string of the molecule is CN(C)C1(CNC(=O)c2nn(C)cc2N)CCC1. The second kappa shape index (κ2) is 4.61. The van der Waals surface area contributed by atoms with Crippen molar-refractivity contribution in [2.45, 2.75) is 24.8 Å². The van der Waals surface area contributed by atoms with Crippen molar-refractivity contribution < 1.29 is 4.79 Å². The molecule has 1 fully saturated rings. The molecule has 0 bridgehead atoms. The van der Waals surface area contributed by atoms with E-state index in [0.717, 1.165) is 12.8 Å². The van der Waals surface area contributed by atoms with Crippen LogP contribution in [0, 0.1) is 0 Å². The topological polar surface area (TPSA) is 76.2 Å². The highest BCUT2D eigenvalue weighted by Crippen LogP contribution is 2.35. The summed E-state index contributed by atoms with van der Waals surface area (Å²) < 4.78 is 1.55. The molecule has 0 atom stereocenters. The van der Waals surface area contributed by atoms with Crippen LogP contribution in [0.1, 0.15) is 29.8 Å². The maximum atomic E-state index is 12.0. The summed E-state index contributed by atoms with van der Waals surface area (Å²) in [6.07, 6.45) is 5.11. The van der Waals surface area contributed by atoms with Gasteiger partial charge in [-0.2, -0.15) is 5.10 Å². The third kappa shape index (κ3) is 2.20. The first-order valence-corrected chi connectivity index (χ1v) is 6.19. The number of carbonyl (C=O) groups excluding carboxylic acids is 1. The van der Waals surface area contributed by atoms with E-state index in [9.17, 15) is 4.79 Å². The van der Waals surface area contributed by atoms with Crippen LogP contribution in [0.3, 0.4) is 0 Å². The molecule has 6 heteroatoms. The molecule has 2 rings (SSSR count). The van der Waals surface area contributed by atoms with Gasteiger partial charge in [0.2, 0.25) is 0 Å². The number of amides is 1. The zero-order valence-corrected chi connectivity index (χ0v) is 11.2. The predicted octanol–water partition coefficient (Wildman–Crippen LogP) is 0.216. The van der Waals surface area contributed by atoms with Crippen LogP contribution >= 0.6 is 0 Å². The zero-order chi connectivity index (χ0) is 13.3. The fraction of sp³-hybridized carbons (Fsp3) is 0.667. The van der Waals surface area contributed by atoms with Crippen LogP contribution in [-0.2, 0) is 7.05 Å². The Morgan fingerprint density at radius 1 is 1.61 bits per heavy atom. The number of hydrogen-bond acceptors (Lipinski definition) is 4. The first-order valence-electron chi connectivity index (χ1n) is 6.19. The van der Waals surface area contributed by atoms with Gasteiger partial charge < -0.3 is 16.0 Å². The Hall–Kier alpha value is -1.56. The molecule has 18 heavy (non-hydrogen) atoms. The normalized spacial score (nSPS) is 17.6. The second-order valence-corrected chi connectivity index (χ2v) is 5.26. The molecule has 1 aliphatic carbocycles. The van der Waals surface area contributed by atoms with E-state index in [4.69, 9.17) is 5.73 Å². The molecule has 1 amide bonds. The van der Waals surface area contributed by atoms with E-state index in [-0.39, 0.29) is 11.4 Å². The summed E-state index contributed by atoms with van der Waals surface area (Å²) in [6.45, 7) is 0.648. The Morgan fingerprint density at radius 3 is 2.67 bits per heavy atom. The van der Waals surface area contributed by atoms with E-state index in [1.807, 2.05) is 0 Å². The van der Waals surface area contributed by atoms with Crippen molar-refractivity contribution in [3.8, 4) is 0 Å². The molecule has 0 spiro atoms. The molecule has 0 aromatic carbocycles. The number of nitrogen functional groups attached to an aromatic ring is 1. The third-order valence-corrected chi connectivity index (χ3v) is 3.88. The van der Waals surface area contributed by atoms with Gasteiger partial charge >= 0.3 is 0 Å². The second-order valence-electron chi connectivity index (χ2n) is 5.26. The lowest BCUT2D eigenvalue weighted by Crippen LogP contribution is -2.57. The van der Waals surface area contributed by atoms with Crippen LogP contribution in [0.5, 0.6) is 0 Å². The average molecular weight is 251 g/mol. The van der Waals surface area contributed by atoms with Crippen molar-refractivity contribution in [1.29, 1.82) is 0 Å². The standard InChI is InChI=1S/C12H21N5O/c1-16(2)12(5-4-6-12)8-14-11(18)10-9(13)7-17(3)15-10/h7H,4-6,8,13H2,1-3H3,(H,14,18). The number of aromatic nitrogens is 2. The van der Waals surface area contributed by atoms with Crippen molar-refractivity contribution in [1.82, 2.24) is 20.0 Å². The largest absolute Gasteiger partial charge is 0.396 e. The summed E-state index contributed by atoms with van der Waals surface area (Å²) in [5.74, 6) is -0.193. The van der Waals surface area contributed by atoms with E-state index in [1.165, 1.54) is 6.42 Å². The maximum absolute atomic E-state index is 12.0. The van der Waals surface area contributed by atoms with Crippen LogP contribution < -0.4 is 11.1 Å². The lowest BCUT2D eigenvalue weighted by atomic mass is 9.75. The van der Waals surface area contributed by atoms with Gasteiger partial charge in [0.05, 0.1) is 5.69 Å². The lowest BCUT2D eigenvalue weighted by molar-refractivity contribution is 0.0556. The molecule has 1 aromatic rings. The summed E-state index contributed by atoms with van der Waals surface area (Å²) in [7, 11) is 5.86. The smallest absolute Gasteiger partial charge is 0.274 e. The lowest BCUT2D eigenvalue weighted by Gasteiger charge is -2.47. The van der Waals surface area contributed by atoms with E-state index in [2.05, 4.69) is 29.4 Å². The molecular weight excluding hydrogens is 230 g/mol. The number of aryl methyl sites for hydroxylation is 1. The number of nitrogens with one attached hydrogen (secondary N) is 1. The Labute approximate surface area is 107 Å². The Bertz CT molecular complexity index is 447. The highest BCUT2D eigenvalue weighted by atomic mass is 16.2. The van der Waals surface area contributed by atoms with Crippen molar-refractivity contribution in [3.05, 3.63) is 11.9 Å². The molecule has 0 saturated heterocycles. The Kier molecular flexibility index (Phi) is 3.30. The van der Waals surface area contributed by atoms with Crippen molar-refractivity contribution in [2.24, 2.45) is 7.05 Å². The van der Waals surface area contributed by atoms with Gasteiger partial charge in [0, 0.05) is 25.3 Å². The molecular formula is C12H21N5O. The fourth-order valence-electron chi connectivity index (χ4n) is 2.38. The molecule has 100 valence electrons. The van der Waals surface area contributed by atoms with Crippen LogP contribution in [0.15, 0.2) is 6.20 Å². The van der Waals surface area contributed by atoms with Gasteiger partial charge in [-0.05, 0) is 33.4 Å². The Balaban J connectivity index is 1.98. The summed E-state index contributed by atoms with van der Waals surface area (Å²) in [5, 5.41) is 7.01. The quantitative estimate of drug-likeness (QED) is 0.802. The van der Waals surface area contributed by atoms with E-state index in [0.29, 0.717) is 17.9 Å². The van der Waals surface area contributed by atoms with Crippen molar-refractivity contribution in [3.63, 3.8) is 0 Å². The van der Waals surface area contributed by atoms with Crippen molar-refractivity contribution >= 4 is 11.6 Å². The molecule has 1 saturated carbocycles. The van der Waals surface area contributed by atoms with E-state index < -0.39 is 0 Å². The molecule has 6 nitrogen and oxygen atoms in total. The van der Waals surface area contributed by atoms with Gasteiger partial charge in [-0.3, -0.25) is 9.48 Å². The number of likely N-dealkylation sites (N-methyl/N-ethyl adjacent to an activating group) is 1. The molecule has 0 aliphatic heterocycles. The van der Waals surface area contributed by atoms with Gasteiger partial charge in [-0.25, -0.2) is 0 Å². The van der Waals surface area contributed by atoms with Crippen molar-refractivity contribution in [2.75, 3.05) is 26.4 Å². The number of anilines is 1. The summed E-state index contributed by atoms with van der Waals surface area (Å²) in [5.41, 5.74) is 6.57. The summed E-state index contributed by atoms with van der Waals surface area (Å²) >= 11 is 0. The van der Waals surface area contributed by atoms with Gasteiger partial charge in [-0.15, -0.1) is 0 Å². The number of rotatable bonds is 4. The minimum Gasteiger partial charge on any atom is -0.396 e. The predicted molar refractivity (Wildman–Crippen MR) is 70.2 cm³/mol. The number of hydrogen-bond donors (Lipinski definition) is 2. The molecule has 1 aromatic heterocycles. The van der Waals surface area contributed by atoms with Crippen LogP contribution in [0.4, 0.5) is 5.69 Å². The van der Waals surface area contributed by atoms with E-state index in [1.54, 1.807) is 17.9 Å². The van der Waals surface area contributed by atoms with Gasteiger partial charge in [0.15, 0.2) is 5.69 Å². The monoisotopic (exact) mass is 251 g/mol. The fourth-order valence-corrected chi connectivity index (χ4v) is 2.38. The molecule has 1 heterocycles. The molecule has 3 N–H and O–H groups in total.